The number of nitrogens with one attached hydrogen (secondary N) is 1. The lowest BCUT2D eigenvalue weighted by Crippen LogP contribution is -2.14. The first kappa shape index (κ1) is 5.22. The Labute approximate surface area is 61.5 Å². The summed E-state index contributed by atoms with van der Waals surface area (Å²) in [5.74, 6) is 4.20. The van der Waals surface area contributed by atoms with Crippen LogP contribution in [0.15, 0.2) is 11.8 Å². The quantitative estimate of drug-likeness (QED) is 0.603. The summed E-state index contributed by atoms with van der Waals surface area (Å²) in [6.45, 7) is 0. The molecule has 3 unspecified atom stereocenters. The van der Waals surface area contributed by atoms with Crippen molar-refractivity contribution in [2.45, 2.75) is 12.8 Å². The van der Waals surface area contributed by atoms with E-state index >= 15 is 0 Å². The SMILES string of the molecule is CNC1=CC2C1C2C1CC1. The van der Waals surface area contributed by atoms with Gasteiger partial charge in [0.05, 0.1) is 0 Å². The molecule has 0 aromatic carbocycles. The molecule has 0 aromatic rings. The summed E-state index contributed by atoms with van der Waals surface area (Å²) in [6.07, 6.45) is 5.46. The number of rotatable bonds is 2. The minimum absolute atomic E-state index is 0.984. The van der Waals surface area contributed by atoms with Crippen LogP contribution in [0.1, 0.15) is 12.8 Å². The zero-order chi connectivity index (χ0) is 6.72. The van der Waals surface area contributed by atoms with Crippen molar-refractivity contribution in [3.05, 3.63) is 11.8 Å². The minimum Gasteiger partial charge on any atom is -0.391 e. The third kappa shape index (κ3) is 0.458. The summed E-state index contributed by atoms with van der Waals surface area (Å²) in [5, 5.41) is 3.27. The molecular weight excluding hydrogens is 122 g/mol. The molecule has 3 rings (SSSR count). The Morgan fingerprint density at radius 2 is 2.30 bits per heavy atom. The second-order valence-corrected chi connectivity index (χ2v) is 3.89. The van der Waals surface area contributed by atoms with Gasteiger partial charge >= 0.3 is 0 Å². The molecular formula is C9H13N. The Bertz CT molecular complexity index is 203. The van der Waals surface area contributed by atoms with E-state index in [-0.39, 0.29) is 0 Å². The highest BCUT2D eigenvalue weighted by Crippen LogP contribution is 2.66. The van der Waals surface area contributed by atoms with E-state index in [0.717, 1.165) is 23.7 Å². The van der Waals surface area contributed by atoms with Gasteiger partial charge in [0.15, 0.2) is 0 Å². The summed E-state index contributed by atoms with van der Waals surface area (Å²) < 4.78 is 0. The molecule has 0 bridgehead atoms. The zero-order valence-corrected chi connectivity index (χ0v) is 6.30. The van der Waals surface area contributed by atoms with E-state index in [0.29, 0.717) is 0 Å². The average molecular weight is 135 g/mol. The van der Waals surface area contributed by atoms with Crippen molar-refractivity contribution in [2.24, 2.45) is 23.7 Å². The van der Waals surface area contributed by atoms with Crippen LogP contribution in [0.25, 0.3) is 0 Å². The van der Waals surface area contributed by atoms with Crippen LogP contribution in [0.4, 0.5) is 0 Å². The van der Waals surface area contributed by atoms with Crippen molar-refractivity contribution in [3.8, 4) is 0 Å². The largest absolute Gasteiger partial charge is 0.391 e. The van der Waals surface area contributed by atoms with E-state index in [1.54, 1.807) is 0 Å². The van der Waals surface area contributed by atoms with E-state index < -0.39 is 0 Å². The van der Waals surface area contributed by atoms with Gasteiger partial charge in [0.25, 0.3) is 0 Å². The lowest BCUT2D eigenvalue weighted by molar-refractivity contribution is 0.658. The first-order chi connectivity index (χ1) is 4.92. The maximum Gasteiger partial charge on any atom is 0.0107 e. The molecule has 3 atom stereocenters. The summed E-state index contributed by atoms with van der Waals surface area (Å²) in [7, 11) is 2.05. The fraction of sp³-hybridized carbons (Fsp3) is 0.778. The lowest BCUT2D eigenvalue weighted by Gasteiger charge is -2.11. The van der Waals surface area contributed by atoms with Crippen LogP contribution in [0.3, 0.4) is 0 Å². The van der Waals surface area contributed by atoms with Gasteiger partial charge < -0.3 is 5.32 Å². The summed E-state index contributed by atoms with van der Waals surface area (Å²) in [5.41, 5.74) is 1.53. The summed E-state index contributed by atoms with van der Waals surface area (Å²) in [4.78, 5) is 0. The molecule has 1 heteroatoms. The molecule has 10 heavy (non-hydrogen) atoms. The van der Waals surface area contributed by atoms with Crippen LogP contribution in [0.2, 0.25) is 0 Å². The van der Waals surface area contributed by atoms with Gasteiger partial charge in [0.1, 0.15) is 0 Å². The number of allylic oxidation sites excluding steroid dienone is 2. The topological polar surface area (TPSA) is 12.0 Å². The maximum atomic E-state index is 3.27. The summed E-state index contributed by atoms with van der Waals surface area (Å²) >= 11 is 0. The Morgan fingerprint density at radius 1 is 1.50 bits per heavy atom. The predicted molar refractivity (Wildman–Crippen MR) is 40.3 cm³/mol. The lowest BCUT2D eigenvalue weighted by atomic mass is 10.1. The molecule has 3 aliphatic carbocycles. The van der Waals surface area contributed by atoms with Gasteiger partial charge in [-0.15, -0.1) is 0 Å². The molecule has 0 aliphatic heterocycles. The van der Waals surface area contributed by atoms with Crippen molar-refractivity contribution >= 4 is 0 Å². The standard InChI is InChI=1S/C9H13N/c1-10-7-4-6-8(9(6)7)5-2-3-5/h4-6,8-10H,2-3H2,1H3. The van der Waals surface area contributed by atoms with Gasteiger partial charge in [-0.05, 0) is 30.6 Å². The molecule has 0 spiro atoms. The van der Waals surface area contributed by atoms with Gasteiger partial charge in [-0.3, -0.25) is 0 Å². The molecule has 0 radical (unpaired) electrons. The number of fused-ring (bicyclic) bond motifs is 1. The molecule has 0 saturated heterocycles. The van der Waals surface area contributed by atoms with Crippen molar-refractivity contribution in [2.75, 3.05) is 7.05 Å². The van der Waals surface area contributed by atoms with Crippen LogP contribution >= 0.6 is 0 Å². The first-order valence-corrected chi connectivity index (χ1v) is 4.31. The molecule has 54 valence electrons. The second-order valence-electron chi connectivity index (χ2n) is 3.89. The van der Waals surface area contributed by atoms with Crippen LogP contribution in [0.5, 0.6) is 0 Å². The third-order valence-corrected chi connectivity index (χ3v) is 3.32. The van der Waals surface area contributed by atoms with Gasteiger partial charge in [0, 0.05) is 18.7 Å². The molecule has 0 amide bonds. The van der Waals surface area contributed by atoms with Crippen molar-refractivity contribution in [1.82, 2.24) is 5.32 Å². The summed E-state index contributed by atoms with van der Waals surface area (Å²) in [6, 6.07) is 0. The Hall–Kier alpha value is -0.460. The Balaban J connectivity index is 1.71. The van der Waals surface area contributed by atoms with E-state index in [1.165, 1.54) is 18.5 Å². The van der Waals surface area contributed by atoms with Gasteiger partial charge in [-0.1, -0.05) is 6.08 Å². The van der Waals surface area contributed by atoms with Gasteiger partial charge in [0.2, 0.25) is 0 Å². The second kappa shape index (κ2) is 1.41. The predicted octanol–water partition coefficient (Wildman–Crippen LogP) is 1.38. The number of hydrogen-bond acceptors (Lipinski definition) is 1. The smallest absolute Gasteiger partial charge is 0.0107 e. The van der Waals surface area contributed by atoms with Crippen LogP contribution in [0, 0.1) is 23.7 Å². The monoisotopic (exact) mass is 135 g/mol. The Kier molecular flexibility index (Phi) is 0.738. The van der Waals surface area contributed by atoms with Gasteiger partial charge in [-0.25, -0.2) is 0 Å². The third-order valence-electron chi connectivity index (χ3n) is 3.32. The fourth-order valence-corrected chi connectivity index (χ4v) is 2.53. The Morgan fingerprint density at radius 3 is 2.80 bits per heavy atom. The normalized spacial score (nSPS) is 48.9. The maximum absolute atomic E-state index is 3.27. The van der Waals surface area contributed by atoms with Crippen molar-refractivity contribution in [1.29, 1.82) is 0 Å². The highest BCUT2D eigenvalue weighted by Gasteiger charge is 2.62. The van der Waals surface area contributed by atoms with E-state index in [4.69, 9.17) is 0 Å². The molecule has 2 saturated carbocycles. The van der Waals surface area contributed by atoms with Crippen molar-refractivity contribution in [3.63, 3.8) is 0 Å². The average Bonchev–Trinajstić information content (AvgIpc) is 2.67. The van der Waals surface area contributed by atoms with Crippen LogP contribution in [-0.4, -0.2) is 7.05 Å². The molecule has 1 N–H and O–H groups in total. The molecule has 0 aromatic heterocycles. The number of hydrogen-bond donors (Lipinski definition) is 1. The highest BCUT2D eigenvalue weighted by molar-refractivity contribution is 5.35. The van der Waals surface area contributed by atoms with Crippen LogP contribution < -0.4 is 5.32 Å². The highest BCUT2D eigenvalue weighted by atomic mass is 14.9. The van der Waals surface area contributed by atoms with E-state index in [9.17, 15) is 0 Å². The van der Waals surface area contributed by atoms with E-state index in [1.807, 2.05) is 7.05 Å². The molecule has 1 nitrogen and oxygen atoms in total. The molecule has 0 heterocycles. The fourth-order valence-electron chi connectivity index (χ4n) is 2.53. The minimum atomic E-state index is 0.984. The van der Waals surface area contributed by atoms with Crippen molar-refractivity contribution < 1.29 is 0 Å². The zero-order valence-electron chi connectivity index (χ0n) is 6.30. The molecule has 2 fully saturated rings. The van der Waals surface area contributed by atoms with Crippen LogP contribution in [-0.2, 0) is 0 Å². The van der Waals surface area contributed by atoms with E-state index in [2.05, 4.69) is 11.4 Å². The van der Waals surface area contributed by atoms with Gasteiger partial charge in [-0.2, -0.15) is 0 Å². The molecule has 3 aliphatic rings. The first-order valence-electron chi connectivity index (χ1n) is 4.31.